The molecule has 0 aromatic heterocycles. The Labute approximate surface area is 118 Å². The maximum Gasteiger partial charge on any atom is 0.125 e. The summed E-state index contributed by atoms with van der Waals surface area (Å²) in [6.07, 6.45) is 9.76. The Hall–Kier alpha value is -0.870. The van der Waals surface area contributed by atoms with Crippen molar-refractivity contribution >= 4 is 20.6 Å². The summed E-state index contributed by atoms with van der Waals surface area (Å²) in [6.45, 7) is 9.10. The molecule has 100 valence electrons. The molecule has 18 heavy (non-hydrogen) atoms. The standard InChI is InChI=1S/C14H21BrN2O/c1-3-5-7-13(15)16-14(8-6-4-2)17-9-11-18-12-10-17/h3-5,8H,2,6-7,9-12H2,1H3/b5-3-,14-8+,16-13+. The first kappa shape index (κ1) is 15.2. The van der Waals surface area contributed by atoms with Gasteiger partial charge in [-0.1, -0.05) is 18.2 Å². The molecule has 4 heteroatoms. The molecule has 0 amide bonds. The molecule has 1 aliphatic rings. The van der Waals surface area contributed by atoms with Crippen molar-refractivity contribution in [1.82, 2.24) is 4.90 Å². The third-order valence-corrected chi connectivity index (χ3v) is 3.06. The Kier molecular flexibility index (Phi) is 7.69. The van der Waals surface area contributed by atoms with Gasteiger partial charge in [0.15, 0.2) is 0 Å². The van der Waals surface area contributed by atoms with Crippen molar-refractivity contribution in [1.29, 1.82) is 0 Å². The summed E-state index contributed by atoms with van der Waals surface area (Å²) in [5.41, 5.74) is 0. The van der Waals surface area contributed by atoms with Gasteiger partial charge in [0.1, 0.15) is 5.82 Å². The van der Waals surface area contributed by atoms with Gasteiger partial charge in [0.25, 0.3) is 0 Å². The number of aliphatic imine (C=N–C) groups is 1. The number of allylic oxidation sites excluding steroid dienone is 4. The van der Waals surface area contributed by atoms with E-state index in [-0.39, 0.29) is 0 Å². The van der Waals surface area contributed by atoms with Gasteiger partial charge in [0.05, 0.1) is 17.8 Å². The molecule has 1 saturated heterocycles. The first-order valence-corrected chi connectivity index (χ1v) is 7.05. The van der Waals surface area contributed by atoms with E-state index in [0.717, 1.165) is 49.6 Å². The maximum absolute atomic E-state index is 5.36. The molecule has 1 rings (SSSR count). The summed E-state index contributed by atoms with van der Waals surface area (Å²) in [6, 6.07) is 0. The fourth-order valence-electron chi connectivity index (χ4n) is 1.61. The monoisotopic (exact) mass is 312 g/mol. The first-order chi connectivity index (χ1) is 8.77. The van der Waals surface area contributed by atoms with Crippen LogP contribution in [0.3, 0.4) is 0 Å². The van der Waals surface area contributed by atoms with Crippen molar-refractivity contribution < 1.29 is 4.74 Å². The van der Waals surface area contributed by atoms with Crippen LogP contribution in [0, 0.1) is 0 Å². The van der Waals surface area contributed by atoms with Crippen molar-refractivity contribution in [2.45, 2.75) is 19.8 Å². The van der Waals surface area contributed by atoms with Gasteiger partial charge in [-0.3, -0.25) is 0 Å². The second-order valence-electron chi connectivity index (χ2n) is 3.95. The van der Waals surface area contributed by atoms with E-state index in [4.69, 9.17) is 4.74 Å². The molecule has 1 fully saturated rings. The van der Waals surface area contributed by atoms with Gasteiger partial charge in [-0.05, 0) is 35.4 Å². The van der Waals surface area contributed by atoms with Crippen LogP contribution in [0.5, 0.6) is 0 Å². The molecule has 0 aromatic carbocycles. The van der Waals surface area contributed by atoms with Crippen molar-refractivity contribution in [2.75, 3.05) is 26.3 Å². The molecule has 3 nitrogen and oxygen atoms in total. The second-order valence-corrected chi connectivity index (χ2v) is 4.86. The molecule has 0 saturated carbocycles. The Morgan fingerprint density at radius 2 is 2.17 bits per heavy atom. The predicted octanol–water partition coefficient (Wildman–Crippen LogP) is 3.50. The summed E-state index contributed by atoms with van der Waals surface area (Å²) in [4.78, 5) is 6.89. The van der Waals surface area contributed by atoms with E-state index in [1.54, 1.807) is 0 Å². The van der Waals surface area contributed by atoms with Crippen LogP contribution in [0.2, 0.25) is 0 Å². The zero-order valence-electron chi connectivity index (χ0n) is 10.9. The summed E-state index contributed by atoms with van der Waals surface area (Å²) in [5.74, 6) is 1.01. The van der Waals surface area contributed by atoms with Crippen molar-refractivity contribution in [3.05, 3.63) is 36.7 Å². The smallest absolute Gasteiger partial charge is 0.125 e. The minimum absolute atomic E-state index is 0.771. The lowest BCUT2D eigenvalue weighted by Crippen LogP contribution is -2.35. The molecule has 1 aliphatic heterocycles. The molecule has 1 heterocycles. The average molecular weight is 313 g/mol. The van der Waals surface area contributed by atoms with Gasteiger partial charge in [0, 0.05) is 19.5 Å². The van der Waals surface area contributed by atoms with Gasteiger partial charge < -0.3 is 9.64 Å². The zero-order valence-corrected chi connectivity index (χ0v) is 12.5. The highest BCUT2D eigenvalue weighted by Crippen LogP contribution is 2.13. The molecule has 0 bridgehead atoms. The number of morpholine rings is 1. The molecule has 0 radical (unpaired) electrons. The SMILES string of the molecule is C=CC/C=C(\N=C(\Br)C/C=C\C)N1CCOCC1. The van der Waals surface area contributed by atoms with Crippen LogP contribution in [0.4, 0.5) is 0 Å². The minimum atomic E-state index is 0.771. The summed E-state index contributed by atoms with van der Waals surface area (Å²) >= 11 is 3.51. The third-order valence-electron chi connectivity index (χ3n) is 2.56. The molecular formula is C14H21BrN2O. The number of hydrogen-bond donors (Lipinski definition) is 0. The summed E-state index contributed by atoms with van der Waals surface area (Å²) in [5, 5.41) is 0. The van der Waals surface area contributed by atoms with Crippen LogP contribution in [0.25, 0.3) is 0 Å². The van der Waals surface area contributed by atoms with Crippen molar-refractivity contribution in [2.24, 2.45) is 4.99 Å². The number of ether oxygens (including phenoxy) is 1. The van der Waals surface area contributed by atoms with Gasteiger partial charge in [-0.15, -0.1) is 6.58 Å². The maximum atomic E-state index is 5.36. The fraction of sp³-hybridized carbons (Fsp3) is 0.500. The van der Waals surface area contributed by atoms with E-state index in [1.807, 2.05) is 19.1 Å². The predicted molar refractivity (Wildman–Crippen MR) is 81.1 cm³/mol. The van der Waals surface area contributed by atoms with Crippen LogP contribution in [-0.4, -0.2) is 35.8 Å². The third kappa shape index (κ3) is 5.65. The lowest BCUT2D eigenvalue weighted by atomic mass is 10.3. The molecule has 0 atom stereocenters. The first-order valence-electron chi connectivity index (χ1n) is 6.26. The van der Waals surface area contributed by atoms with Gasteiger partial charge in [-0.25, -0.2) is 4.99 Å². The fourth-order valence-corrected chi connectivity index (χ4v) is 1.98. The van der Waals surface area contributed by atoms with Crippen molar-refractivity contribution in [3.63, 3.8) is 0 Å². The van der Waals surface area contributed by atoms with Gasteiger partial charge in [0.2, 0.25) is 0 Å². The van der Waals surface area contributed by atoms with Gasteiger partial charge >= 0.3 is 0 Å². The highest BCUT2D eigenvalue weighted by molar-refractivity contribution is 9.18. The average Bonchev–Trinajstić information content (AvgIpc) is 2.42. The van der Waals surface area contributed by atoms with Crippen LogP contribution in [0.15, 0.2) is 41.7 Å². The normalized spacial score (nSPS) is 18.4. The Bertz CT molecular complexity index is 342. The number of rotatable bonds is 6. The Morgan fingerprint density at radius 3 is 2.78 bits per heavy atom. The molecule has 0 N–H and O–H groups in total. The van der Waals surface area contributed by atoms with E-state index < -0.39 is 0 Å². The minimum Gasteiger partial charge on any atom is -0.378 e. The second kappa shape index (κ2) is 9.11. The van der Waals surface area contributed by atoms with E-state index in [9.17, 15) is 0 Å². The highest BCUT2D eigenvalue weighted by atomic mass is 79.9. The summed E-state index contributed by atoms with van der Waals surface area (Å²) < 4.78 is 6.31. The number of hydrogen-bond acceptors (Lipinski definition) is 3. The molecule has 0 unspecified atom stereocenters. The van der Waals surface area contributed by atoms with Crippen molar-refractivity contribution in [3.8, 4) is 0 Å². The van der Waals surface area contributed by atoms with Crippen LogP contribution in [0.1, 0.15) is 19.8 Å². The highest BCUT2D eigenvalue weighted by Gasteiger charge is 2.13. The van der Waals surface area contributed by atoms with E-state index in [0.29, 0.717) is 0 Å². The number of halogens is 1. The zero-order chi connectivity index (χ0) is 13.2. The molecule has 0 spiro atoms. The quantitative estimate of drug-likeness (QED) is 0.554. The molecule has 0 aliphatic carbocycles. The lowest BCUT2D eigenvalue weighted by Gasteiger charge is -2.29. The van der Waals surface area contributed by atoms with E-state index in [2.05, 4.69) is 44.6 Å². The lowest BCUT2D eigenvalue weighted by molar-refractivity contribution is 0.0530. The number of nitrogens with zero attached hydrogens (tertiary/aromatic N) is 2. The van der Waals surface area contributed by atoms with Crippen LogP contribution >= 0.6 is 15.9 Å². The van der Waals surface area contributed by atoms with Crippen LogP contribution in [-0.2, 0) is 4.74 Å². The largest absolute Gasteiger partial charge is 0.378 e. The molecular weight excluding hydrogens is 292 g/mol. The van der Waals surface area contributed by atoms with E-state index >= 15 is 0 Å². The Morgan fingerprint density at radius 1 is 1.44 bits per heavy atom. The summed E-state index contributed by atoms with van der Waals surface area (Å²) in [7, 11) is 0. The van der Waals surface area contributed by atoms with Crippen LogP contribution < -0.4 is 0 Å². The van der Waals surface area contributed by atoms with Gasteiger partial charge in [-0.2, -0.15) is 0 Å². The Balaban J connectivity index is 2.73. The van der Waals surface area contributed by atoms with E-state index in [1.165, 1.54) is 0 Å². The topological polar surface area (TPSA) is 24.8 Å². The molecule has 0 aromatic rings.